The van der Waals surface area contributed by atoms with Crippen LogP contribution in [0.4, 0.5) is 17.2 Å². The highest BCUT2D eigenvalue weighted by Crippen LogP contribution is 2.27. The highest BCUT2D eigenvalue weighted by Gasteiger charge is 2.27. The first-order valence-corrected chi connectivity index (χ1v) is 11.2. The Morgan fingerprint density at radius 1 is 1.00 bits per heavy atom. The van der Waals surface area contributed by atoms with Crippen molar-refractivity contribution < 1.29 is 8.42 Å². The number of hydrogen-bond acceptors (Lipinski definition) is 5. The molecule has 2 aromatic carbocycles. The Morgan fingerprint density at radius 2 is 1.76 bits per heavy atom. The number of sulfonamides is 1. The van der Waals surface area contributed by atoms with Crippen molar-refractivity contribution >= 4 is 38.1 Å². The van der Waals surface area contributed by atoms with Crippen molar-refractivity contribution in [3.63, 3.8) is 0 Å². The van der Waals surface area contributed by atoms with Crippen LogP contribution in [-0.4, -0.2) is 44.9 Å². The molecule has 0 saturated carbocycles. The van der Waals surface area contributed by atoms with Crippen molar-refractivity contribution in [2.45, 2.75) is 24.7 Å². The summed E-state index contributed by atoms with van der Waals surface area (Å²) in [5, 5.41) is 4.16. The lowest BCUT2D eigenvalue weighted by atomic mass is 10.1. The third kappa shape index (κ3) is 3.93. The molecule has 0 radical (unpaired) electrons. The van der Waals surface area contributed by atoms with Gasteiger partial charge in [0.05, 0.1) is 10.4 Å². The summed E-state index contributed by atoms with van der Waals surface area (Å²) >= 11 is 0. The molecule has 6 nitrogen and oxygen atoms in total. The molecule has 1 fully saturated rings. The molecule has 0 bridgehead atoms. The average molecular weight is 411 g/mol. The van der Waals surface area contributed by atoms with Gasteiger partial charge in [-0.1, -0.05) is 6.07 Å². The largest absolute Gasteiger partial charge is 0.377 e. The van der Waals surface area contributed by atoms with Gasteiger partial charge in [0.2, 0.25) is 10.0 Å². The fourth-order valence-corrected chi connectivity index (χ4v) is 5.28. The minimum atomic E-state index is -3.42. The SMILES string of the molecule is Cc1ccc(Nc2ccc3cc(S(=O)(=O)N4CCCC4)ccc3n2)cc1N(C)C. The van der Waals surface area contributed by atoms with Gasteiger partial charge in [0.1, 0.15) is 5.82 Å². The standard InChI is InChI=1S/C22H26N4O2S/c1-16-6-8-18(15-21(16)25(2)3)23-22-11-7-17-14-19(9-10-20(17)24-22)29(27,28)26-12-4-5-13-26/h6-11,14-15H,4-5,12-13H2,1-3H3,(H,23,24). The van der Waals surface area contributed by atoms with Gasteiger partial charge in [-0.2, -0.15) is 4.31 Å². The van der Waals surface area contributed by atoms with Crippen molar-refractivity contribution in [2.75, 3.05) is 37.4 Å². The molecule has 29 heavy (non-hydrogen) atoms. The fourth-order valence-electron chi connectivity index (χ4n) is 3.73. The maximum absolute atomic E-state index is 12.8. The van der Waals surface area contributed by atoms with Crippen molar-refractivity contribution in [1.82, 2.24) is 9.29 Å². The number of pyridine rings is 1. The predicted octanol–water partition coefficient (Wildman–Crippen LogP) is 4.14. The molecule has 1 saturated heterocycles. The minimum Gasteiger partial charge on any atom is -0.377 e. The summed E-state index contributed by atoms with van der Waals surface area (Å²) in [6.07, 6.45) is 1.86. The maximum Gasteiger partial charge on any atom is 0.243 e. The Hall–Kier alpha value is -2.64. The van der Waals surface area contributed by atoms with Gasteiger partial charge in [0, 0.05) is 43.9 Å². The smallest absolute Gasteiger partial charge is 0.243 e. The zero-order chi connectivity index (χ0) is 20.6. The van der Waals surface area contributed by atoms with Crippen LogP contribution in [0.2, 0.25) is 0 Å². The van der Waals surface area contributed by atoms with Crippen LogP contribution < -0.4 is 10.2 Å². The molecule has 152 valence electrons. The van der Waals surface area contributed by atoms with Gasteiger partial charge in [-0.15, -0.1) is 0 Å². The molecule has 1 aromatic heterocycles. The Bertz CT molecular complexity index is 1150. The second-order valence-corrected chi connectivity index (χ2v) is 9.62. The van der Waals surface area contributed by atoms with Gasteiger partial charge < -0.3 is 10.2 Å². The van der Waals surface area contributed by atoms with Gasteiger partial charge >= 0.3 is 0 Å². The first-order chi connectivity index (χ1) is 13.8. The zero-order valence-corrected chi connectivity index (χ0v) is 17.8. The molecular weight excluding hydrogens is 384 g/mol. The Kier molecular flexibility index (Phi) is 5.19. The fraction of sp³-hybridized carbons (Fsp3) is 0.318. The number of benzene rings is 2. The molecule has 2 heterocycles. The van der Waals surface area contributed by atoms with E-state index in [9.17, 15) is 8.42 Å². The molecule has 0 aliphatic carbocycles. The van der Waals surface area contributed by atoms with Crippen molar-refractivity contribution in [3.05, 3.63) is 54.1 Å². The third-order valence-corrected chi connectivity index (χ3v) is 7.22. The lowest BCUT2D eigenvalue weighted by molar-refractivity contribution is 0.477. The number of aromatic nitrogens is 1. The summed E-state index contributed by atoms with van der Waals surface area (Å²) in [7, 11) is 0.623. The molecule has 0 unspecified atom stereocenters. The first kappa shape index (κ1) is 19.7. The molecule has 1 aliphatic heterocycles. The lowest BCUT2D eigenvalue weighted by Gasteiger charge is -2.17. The van der Waals surface area contributed by atoms with Crippen molar-refractivity contribution in [1.29, 1.82) is 0 Å². The summed E-state index contributed by atoms with van der Waals surface area (Å²) in [6, 6.07) is 15.1. The van der Waals surface area contributed by atoms with Crippen LogP contribution in [0, 0.1) is 6.92 Å². The van der Waals surface area contributed by atoms with E-state index in [-0.39, 0.29) is 0 Å². The van der Waals surface area contributed by atoms with E-state index in [2.05, 4.69) is 34.3 Å². The Balaban J connectivity index is 1.61. The van der Waals surface area contributed by atoms with E-state index in [4.69, 9.17) is 0 Å². The van der Waals surface area contributed by atoms with Gasteiger partial charge in [0.15, 0.2) is 0 Å². The summed E-state index contributed by atoms with van der Waals surface area (Å²) < 4.78 is 27.1. The number of anilines is 3. The second kappa shape index (κ2) is 7.65. The van der Waals surface area contributed by atoms with E-state index in [1.807, 2.05) is 32.3 Å². The highest BCUT2D eigenvalue weighted by molar-refractivity contribution is 7.89. The monoisotopic (exact) mass is 410 g/mol. The van der Waals surface area contributed by atoms with E-state index >= 15 is 0 Å². The topological polar surface area (TPSA) is 65.5 Å². The van der Waals surface area contributed by atoms with Gasteiger partial charge in [-0.05, 0) is 67.8 Å². The molecule has 0 amide bonds. The number of hydrogen-bond donors (Lipinski definition) is 1. The van der Waals surface area contributed by atoms with E-state index in [0.29, 0.717) is 18.0 Å². The molecule has 0 atom stereocenters. The summed E-state index contributed by atoms with van der Waals surface area (Å²) in [5.74, 6) is 0.723. The third-order valence-electron chi connectivity index (χ3n) is 5.33. The Morgan fingerprint density at radius 3 is 2.48 bits per heavy atom. The van der Waals surface area contributed by atoms with Crippen LogP contribution in [0.15, 0.2) is 53.4 Å². The quantitative estimate of drug-likeness (QED) is 0.685. The van der Waals surface area contributed by atoms with Gasteiger partial charge in [-0.3, -0.25) is 0 Å². The number of rotatable bonds is 5. The van der Waals surface area contributed by atoms with E-state index in [1.165, 1.54) is 5.56 Å². The first-order valence-electron chi connectivity index (χ1n) is 9.80. The van der Waals surface area contributed by atoms with Crippen molar-refractivity contribution in [2.24, 2.45) is 0 Å². The Labute approximate surface area is 172 Å². The predicted molar refractivity (Wildman–Crippen MR) is 119 cm³/mol. The zero-order valence-electron chi connectivity index (χ0n) is 17.0. The van der Waals surface area contributed by atoms with Gasteiger partial charge in [-0.25, -0.2) is 13.4 Å². The van der Waals surface area contributed by atoms with Crippen LogP contribution in [0.5, 0.6) is 0 Å². The summed E-state index contributed by atoms with van der Waals surface area (Å²) in [5.41, 5.74) is 4.07. The molecule has 1 N–H and O–H groups in total. The van der Waals surface area contributed by atoms with Crippen molar-refractivity contribution in [3.8, 4) is 0 Å². The molecule has 7 heteroatoms. The molecule has 1 aliphatic rings. The van der Waals surface area contributed by atoms with E-state index < -0.39 is 10.0 Å². The molecule has 3 aromatic rings. The minimum absolute atomic E-state index is 0.337. The van der Waals surface area contributed by atoms with Crippen LogP contribution in [0.25, 0.3) is 10.9 Å². The van der Waals surface area contributed by atoms with Crippen LogP contribution in [-0.2, 0) is 10.0 Å². The van der Waals surface area contributed by atoms with E-state index in [1.54, 1.807) is 22.5 Å². The number of nitrogens with zero attached hydrogens (tertiary/aromatic N) is 3. The highest BCUT2D eigenvalue weighted by atomic mass is 32.2. The number of aryl methyl sites for hydroxylation is 1. The summed E-state index contributed by atoms with van der Waals surface area (Å²) in [6.45, 7) is 3.29. The van der Waals surface area contributed by atoms with Crippen LogP contribution in [0.1, 0.15) is 18.4 Å². The molecule has 4 rings (SSSR count). The number of fused-ring (bicyclic) bond motifs is 1. The lowest BCUT2D eigenvalue weighted by Crippen LogP contribution is -2.27. The van der Waals surface area contributed by atoms with Crippen LogP contribution >= 0.6 is 0 Å². The van der Waals surface area contributed by atoms with Crippen LogP contribution in [0.3, 0.4) is 0 Å². The normalized spacial score (nSPS) is 15.0. The average Bonchev–Trinajstić information content (AvgIpc) is 3.24. The second-order valence-electron chi connectivity index (χ2n) is 7.68. The molecule has 0 spiro atoms. The summed E-state index contributed by atoms with van der Waals surface area (Å²) in [4.78, 5) is 7.07. The van der Waals surface area contributed by atoms with Gasteiger partial charge in [0.25, 0.3) is 0 Å². The maximum atomic E-state index is 12.8. The molecular formula is C22H26N4O2S. The number of nitrogens with one attached hydrogen (secondary N) is 1. The van der Waals surface area contributed by atoms with E-state index in [0.717, 1.165) is 40.9 Å².